The lowest BCUT2D eigenvalue weighted by molar-refractivity contribution is 0.243. The maximum Gasteiger partial charge on any atom is 0.0436 e. The molecule has 3 heteroatoms. The molecule has 1 saturated carbocycles. The minimum Gasteiger partial charge on any atom is -0.396 e. The van der Waals surface area contributed by atoms with E-state index in [0.29, 0.717) is 18.1 Å². The van der Waals surface area contributed by atoms with Crippen LogP contribution in [0.5, 0.6) is 0 Å². The van der Waals surface area contributed by atoms with Crippen molar-refractivity contribution in [1.82, 2.24) is 5.32 Å². The van der Waals surface area contributed by atoms with Crippen LogP contribution >= 0.6 is 15.9 Å². The predicted molar refractivity (Wildman–Crippen MR) is 73.9 cm³/mol. The van der Waals surface area contributed by atoms with Crippen LogP contribution in [0.2, 0.25) is 0 Å². The van der Waals surface area contributed by atoms with Crippen molar-refractivity contribution in [2.24, 2.45) is 5.41 Å². The molecule has 0 saturated heterocycles. The summed E-state index contributed by atoms with van der Waals surface area (Å²) in [5.41, 5.74) is 1.68. The van der Waals surface area contributed by atoms with Crippen molar-refractivity contribution in [1.29, 1.82) is 0 Å². The first-order chi connectivity index (χ1) is 8.17. The Kier molecular flexibility index (Phi) is 4.23. The lowest BCUT2D eigenvalue weighted by Crippen LogP contribution is -2.27. The Morgan fingerprint density at radius 1 is 1.41 bits per heavy atom. The first-order valence-electron chi connectivity index (χ1n) is 6.26. The van der Waals surface area contributed by atoms with E-state index in [1.807, 2.05) is 6.07 Å². The van der Waals surface area contributed by atoms with Crippen LogP contribution in [0.15, 0.2) is 28.7 Å². The molecular formula is C14H20BrNO. The van der Waals surface area contributed by atoms with Crippen molar-refractivity contribution in [3.8, 4) is 0 Å². The number of halogens is 1. The summed E-state index contributed by atoms with van der Waals surface area (Å²) in [5.74, 6) is 0. The molecule has 94 valence electrons. The molecule has 2 rings (SSSR count). The molecule has 0 amide bonds. The molecule has 1 aromatic rings. The number of hydrogen-bond donors (Lipinski definition) is 2. The number of hydrogen-bond acceptors (Lipinski definition) is 2. The minimum absolute atomic E-state index is 0.311. The standard InChI is InChI=1S/C14H20BrNO/c1-11(12-4-2-3-5-13(12)15)16-10-14(6-7-14)8-9-17/h2-5,11,16-17H,6-10H2,1H3. The number of rotatable bonds is 6. The van der Waals surface area contributed by atoms with Crippen molar-refractivity contribution in [2.75, 3.05) is 13.2 Å². The van der Waals surface area contributed by atoms with Gasteiger partial charge in [-0.25, -0.2) is 0 Å². The highest BCUT2D eigenvalue weighted by Gasteiger charge is 2.41. The van der Waals surface area contributed by atoms with Gasteiger partial charge in [-0.3, -0.25) is 0 Å². The first kappa shape index (κ1) is 13.1. The van der Waals surface area contributed by atoms with Crippen LogP contribution in [-0.2, 0) is 0 Å². The first-order valence-corrected chi connectivity index (χ1v) is 7.05. The average molecular weight is 298 g/mol. The van der Waals surface area contributed by atoms with E-state index in [0.717, 1.165) is 17.4 Å². The van der Waals surface area contributed by atoms with Crippen molar-refractivity contribution in [3.05, 3.63) is 34.3 Å². The highest BCUT2D eigenvalue weighted by atomic mass is 79.9. The van der Waals surface area contributed by atoms with Crippen molar-refractivity contribution in [2.45, 2.75) is 32.2 Å². The fourth-order valence-corrected chi connectivity index (χ4v) is 2.86. The van der Waals surface area contributed by atoms with Gasteiger partial charge < -0.3 is 10.4 Å². The molecule has 1 atom stereocenters. The molecular weight excluding hydrogens is 278 g/mol. The Labute approximate surface area is 112 Å². The summed E-state index contributed by atoms with van der Waals surface area (Å²) in [7, 11) is 0. The zero-order chi connectivity index (χ0) is 12.3. The molecule has 2 N–H and O–H groups in total. The smallest absolute Gasteiger partial charge is 0.0436 e. The minimum atomic E-state index is 0.311. The molecule has 2 nitrogen and oxygen atoms in total. The van der Waals surface area contributed by atoms with E-state index in [1.54, 1.807) is 0 Å². The lowest BCUT2D eigenvalue weighted by Gasteiger charge is -2.20. The maximum atomic E-state index is 9.03. The monoisotopic (exact) mass is 297 g/mol. The Bertz CT molecular complexity index is 376. The SMILES string of the molecule is CC(NCC1(CCO)CC1)c1ccccc1Br. The van der Waals surface area contributed by atoms with Gasteiger partial charge in [-0.05, 0) is 43.2 Å². The number of benzene rings is 1. The predicted octanol–water partition coefficient (Wildman–Crippen LogP) is 3.26. The number of aliphatic hydroxyl groups excluding tert-OH is 1. The summed E-state index contributed by atoms with van der Waals surface area (Å²) >= 11 is 3.58. The largest absolute Gasteiger partial charge is 0.396 e. The van der Waals surface area contributed by atoms with Gasteiger partial charge in [0.25, 0.3) is 0 Å². The third-order valence-electron chi connectivity index (χ3n) is 3.75. The Morgan fingerprint density at radius 3 is 2.71 bits per heavy atom. The molecule has 0 aromatic heterocycles. The normalized spacial score (nSPS) is 19.0. The third-order valence-corrected chi connectivity index (χ3v) is 4.48. The van der Waals surface area contributed by atoms with Crippen LogP contribution in [0.25, 0.3) is 0 Å². The number of nitrogens with one attached hydrogen (secondary N) is 1. The van der Waals surface area contributed by atoms with Gasteiger partial charge in [-0.15, -0.1) is 0 Å². The molecule has 1 aromatic carbocycles. The van der Waals surface area contributed by atoms with Gasteiger partial charge in [-0.2, -0.15) is 0 Å². The summed E-state index contributed by atoms with van der Waals surface area (Å²) in [4.78, 5) is 0. The van der Waals surface area contributed by atoms with Crippen molar-refractivity contribution in [3.63, 3.8) is 0 Å². The lowest BCUT2D eigenvalue weighted by atomic mass is 10.0. The summed E-state index contributed by atoms with van der Waals surface area (Å²) in [6.45, 7) is 3.51. The molecule has 0 bridgehead atoms. The van der Waals surface area contributed by atoms with Gasteiger partial charge in [0.2, 0.25) is 0 Å². The third kappa shape index (κ3) is 3.30. The molecule has 17 heavy (non-hydrogen) atoms. The van der Waals surface area contributed by atoms with Crippen LogP contribution in [0.4, 0.5) is 0 Å². The van der Waals surface area contributed by atoms with Crippen LogP contribution in [0.3, 0.4) is 0 Å². The van der Waals surface area contributed by atoms with E-state index in [-0.39, 0.29) is 0 Å². The summed E-state index contributed by atoms with van der Waals surface area (Å²) in [6, 6.07) is 8.68. The summed E-state index contributed by atoms with van der Waals surface area (Å²) < 4.78 is 1.16. The number of aliphatic hydroxyl groups is 1. The van der Waals surface area contributed by atoms with E-state index >= 15 is 0 Å². The zero-order valence-corrected chi connectivity index (χ0v) is 11.8. The molecule has 0 aliphatic heterocycles. The second-order valence-electron chi connectivity index (χ2n) is 5.10. The van der Waals surface area contributed by atoms with Gasteiger partial charge >= 0.3 is 0 Å². The summed E-state index contributed by atoms with van der Waals surface area (Å²) in [5, 5.41) is 12.6. The second kappa shape index (κ2) is 5.51. The van der Waals surface area contributed by atoms with Crippen molar-refractivity contribution >= 4 is 15.9 Å². The second-order valence-corrected chi connectivity index (χ2v) is 5.95. The zero-order valence-electron chi connectivity index (χ0n) is 10.2. The summed E-state index contributed by atoms with van der Waals surface area (Å²) in [6.07, 6.45) is 3.44. The maximum absolute atomic E-state index is 9.03. The van der Waals surface area contributed by atoms with Crippen molar-refractivity contribution < 1.29 is 5.11 Å². The molecule has 1 unspecified atom stereocenters. The highest BCUT2D eigenvalue weighted by Crippen LogP contribution is 2.48. The molecule has 1 fully saturated rings. The van der Waals surface area contributed by atoms with Gasteiger partial charge in [0.05, 0.1) is 0 Å². The fourth-order valence-electron chi connectivity index (χ4n) is 2.23. The Balaban J connectivity index is 1.90. The topological polar surface area (TPSA) is 32.3 Å². The molecule has 0 spiro atoms. The average Bonchev–Trinajstić information content (AvgIpc) is 3.08. The molecule has 1 aliphatic carbocycles. The Hall–Kier alpha value is -0.380. The quantitative estimate of drug-likeness (QED) is 0.845. The molecule has 0 heterocycles. The van der Waals surface area contributed by atoms with Gasteiger partial charge in [0, 0.05) is 23.7 Å². The van der Waals surface area contributed by atoms with E-state index in [4.69, 9.17) is 5.11 Å². The highest BCUT2D eigenvalue weighted by molar-refractivity contribution is 9.10. The van der Waals surface area contributed by atoms with E-state index in [9.17, 15) is 0 Å². The van der Waals surface area contributed by atoms with E-state index in [1.165, 1.54) is 18.4 Å². The van der Waals surface area contributed by atoms with E-state index in [2.05, 4.69) is 46.4 Å². The van der Waals surface area contributed by atoms with Gasteiger partial charge in [0.1, 0.15) is 0 Å². The molecule has 1 aliphatic rings. The van der Waals surface area contributed by atoms with Crippen LogP contribution in [0.1, 0.15) is 37.8 Å². The van der Waals surface area contributed by atoms with E-state index < -0.39 is 0 Å². The van der Waals surface area contributed by atoms with Crippen LogP contribution in [0, 0.1) is 5.41 Å². The van der Waals surface area contributed by atoms with Crippen LogP contribution in [-0.4, -0.2) is 18.3 Å². The molecule has 0 radical (unpaired) electrons. The van der Waals surface area contributed by atoms with Crippen LogP contribution < -0.4 is 5.32 Å². The van der Waals surface area contributed by atoms with Gasteiger partial charge in [-0.1, -0.05) is 34.1 Å². The Morgan fingerprint density at radius 2 is 2.12 bits per heavy atom. The van der Waals surface area contributed by atoms with Gasteiger partial charge in [0.15, 0.2) is 0 Å². The fraction of sp³-hybridized carbons (Fsp3) is 0.571.